The molecule has 18 nitrogen and oxygen atoms in total. The van der Waals surface area contributed by atoms with Gasteiger partial charge in [-0.05, 0) is 183 Å². The maximum Gasteiger partial charge on any atom is 0.408 e. The van der Waals surface area contributed by atoms with Crippen molar-refractivity contribution in [1.29, 1.82) is 0 Å². The van der Waals surface area contributed by atoms with Gasteiger partial charge in [0.15, 0.2) is 12.1 Å². The van der Waals surface area contributed by atoms with Crippen molar-refractivity contribution in [2.24, 2.45) is 29.6 Å². The molecule has 0 aromatic heterocycles. The lowest BCUT2D eigenvalue weighted by Crippen LogP contribution is -2.77. The third-order valence-electron chi connectivity index (χ3n) is 20.2. The van der Waals surface area contributed by atoms with Crippen LogP contribution < -0.4 is 16.0 Å². The second-order valence-electron chi connectivity index (χ2n) is 26.4. The number of hydrogen-bond acceptors (Lipinski definition) is 10. The molecule has 1 unspecified atom stereocenters. The quantitative estimate of drug-likeness (QED) is 0.0215. The number of nitrogens with zero attached hydrogens (tertiary/aromatic N) is 3. The number of halogens is 10. The third-order valence-corrected chi connectivity index (χ3v) is 21.0. The van der Waals surface area contributed by atoms with E-state index in [9.17, 15) is 84.4 Å². The highest BCUT2D eigenvalue weighted by Crippen LogP contribution is 2.47. The summed E-state index contributed by atoms with van der Waals surface area (Å²) in [4.78, 5) is 108. The number of aliphatic hydroxyl groups is 1. The fourth-order valence-electron chi connectivity index (χ4n) is 15.2. The van der Waals surface area contributed by atoms with E-state index < -0.39 is 138 Å². The minimum atomic E-state index is -5.00. The number of likely N-dealkylation sites (tertiary alicyclic amines) is 3. The average molecular weight is 1440 g/mol. The summed E-state index contributed by atoms with van der Waals surface area (Å²) < 4.78 is 107. The molecule has 3 heterocycles. The van der Waals surface area contributed by atoms with Crippen LogP contribution in [0.2, 0.25) is 15.1 Å². The van der Waals surface area contributed by atoms with Gasteiger partial charge in [0, 0.05) is 16.0 Å². The monoisotopic (exact) mass is 1440 g/mol. The van der Waals surface area contributed by atoms with Gasteiger partial charge < -0.3 is 36.0 Å². The van der Waals surface area contributed by atoms with E-state index in [2.05, 4.69) is 5.32 Å². The minimum Gasteiger partial charge on any atom is -0.480 e. The van der Waals surface area contributed by atoms with Gasteiger partial charge >= 0.3 is 48.4 Å². The zero-order chi connectivity index (χ0) is 71.6. The van der Waals surface area contributed by atoms with Gasteiger partial charge in [-0.1, -0.05) is 133 Å². The average Bonchev–Trinajstić information content (AvgIpc) is 0.725. The zero-order valence-corrected chi connectivity index (χ0v) is 56.0. The molecule has 0 radical (unpaired) electrons. The van der Waals surface area contributed by atoms with E-state index in [0.717, 1.165) is 11.3 Å². The molecule has 6 N–H and O–H groups in total. The van der Waals surface area contributed by atoms with Gasteiger partial charge in [-0.25, -0.2) is 43.0 Å². The first kappa shape index (κ1) is 73.7. The molecule has 3 saturated heterocycles. The van der Waals surface area contributed by atoms with Crippen molar-refractivity contribution < 1.29 is 89.1 Å². The number of esters is 1. The van der Waals surface area contributed by atoms with Crippen LogP contribution in [0.3, 0.4) is 0 Å². The van der Waals surface area contributed by atoms with Crippen LogP contribution >= 0.6 is 34.8 Å². The number of benzene rings is 5. The Morgan fingerprint density at radius 2 is 1.13 bits per heavy atom. The number of alkyl halides is 6. The van der Waals surface area contributed by atoms with Crippen LogP contribution in [0, 0.1) is 35.4 Å². The summed E-state index contributed by atoms with van der Waals surface area (Å²) in [7, 11) is 0. The Labute approximate surface area is 580 Å². The van der Waals surface area contributed by atoms with Crippen LogP contribution in [0.1, 0.15) is 136 Å². The van der Waals surface area contributed by atoms with Gasteiger partial charge in [-0.15, -0.1) is 0 Å². The number of carboxylic acids is 2. The van der Waals surface area contributed by atoms with Crippen molar-refractivity contribution in [1.82, 2.24) is 30.7 Å². The molecule has 5 aromatic rings. The van der Waals surface area contributed by atoms with Gasteiger partial charge in [0.05, 0.1) is 29.5 Å². The predicted octanol–water partition coefficient (Wildman–Crippen LogP) is 14.0. The van der Waals surface area contributed by atoms with E-state index in [4.69, 9.17) is 39.5 Å². The lowest BCUT2D eigenvalue weighted by Gasteiger charge is -2.57. The molecule has 5 fully saturated rings. The van der Waals surface area contributed by atoms with Crippen LogP contribution in [-0.2, 0) is 48.0 Å². The van der Waals surface area contributed by atoms with Crippen molar-refractivity contribution >= 4 is 82.6 Å². The number of carbonyl (C=O) groups is 8. The Morgan fingerprint density at radius 3 is 1.72 bits per heavy atom. The molecule has 0 spiro atoms. The number of aryl methyl sites for hydroxylation is 3. The highest BCUT2D eigenvalue weighted by Gasteiger charge is 2.63. The molecular weight excluding hydrogens is 1370 g/mol. The number of carbonyl (C=O) groups excluding carboxylic acids is 6. The Kier molecular flexibility index (Phi) is 22.7. The van der Waals surface area contributed by atoms with Gasteiger partial charge in [-0.2, -0.15) is 26.3 Å². The number of urea groups is 3. The van der Waals surface area contributed by atoms with Crippen molar-refractivity contribution in [2.75, 3.05) is 6.61 Å². The Morgan fingerprint density at radius 1 is 0.596 bits per heavy atom. The molecule has 2 aliphatic carbocycles. The zero-order valence-electron chi connectivity index (χ0n) is 53.8. The van der Waals surface area contributed by atoms with Crippen molar-refractivity contribution in [3.8, 4) is 11.1 Å². The van der Waals surface area contributed by atoms with Gasteiger partial charge in [0.1, 0.15) is 29.7 Å². The lowest BCUT2D eigenvalue weighted by atomic mass is 9.73. The first-order chi connectivity index (χ1) is 46.9. The maximum atomic E-state index is 14.8. The van der Waals surface area contributed by atoms with E-state index in [1.165, 1.54) is 32.0 Å². The summed E-state index contributed by atoms with van der Waals surface area (Å²) in [5.74, 6) is -12.3. The van der Waals surface area contributed by atoms with Gasteiger partial charge in [-0.3, -0.25) is 14.5 Å². The number of amides is 8. The van der Waals surface area contributed by atoms with Crippen LogP contribution in [0.25, 0.3) is 11.1 Å². The molecule has 5 aromatic carbocycles. The summed E-state index contributed by atoms with van der Waals surface area (Å²) in [5, 5.41) is 39.9. The molecule has 530 valence electrons. The van der Waals surface area contributed by atoms with Gasteiger partial charge in [0.2, 0.25) is 11.8 Å². The SMILES string of the molecule is CCOC(=O)[C@@H]1[C@@H](CCc2cc(Cl)cc(-c3ccc(C(NC(=O)N4[C@H](C(=O)O)[C@@H](CCc5cc(Cl)cc(C6CCC([C@H](NC(=O)N7C(=O)[C@H](CCc8cccc(Cl)c8F)[C@H]7C(=O)O)C(F)(F)F)CC6)c5)[C@@]4(C)O)c4ccccc4)cc3)c2)C(=O)N1C(=O)N[C@@H](C1CCCCC1)C(F)(F)F. The minimum absolute atomic E-state index is 0.0138. The number of ether oxygens (including phenoxy) is 1. The number of rotatable bonds is 22. The number of aliphatic carboxylic acids is 2. The van der Waals surface area contributed by atoms with E-state index in [1.807, 2.05) is 10.6 Å². The molecule has 28 heteroatoms. The largest absolute Gasteiger partial charge is 0.480 e. The van der Waals surface area contributed by atoms with Crippen molar-refractivity contribution in [2.45, 2.75) is 170 Å². The summed E-state index contributed by atoms with van der Waals surface area (Å²) in [6.45, 7) is 2.75. The smallest absolute Gasteiger partial charge is 0.408 e. The topological polar surface area (TPSA) is 252 Å². The van der Waals surface area contributed by atoms with Gasteiger partial charge in [0.25, 0.3) is 0 Å². The second-order valence-corrected chi connectivity index (χ2v) is 27.7. The predicted molar refractivity (Wildman–Crippen MR) is 349 cm³/mol. The second kappa shape index (κ2) is 30.5. The molecule has 3 aliphatic heterocycles. The number of imide groups is 2. The Balaban J connectivity index is 0.758. The summed E-state index contributed by atoms with van der Waals surface area (Å²) in [6, 6.07) is 16.2. The van der Waals surface area contributed by atoms with Crippen LogP contribution in [-0.4, -0.2) is 133 Å². The molecule has 2 saturated carbocycles. The number of β-lactam (4-membered cyclic amide) rings is 2. The molecule has 5 aliphatic rings. The molecule has 8 amide bonds. The first-order valence-corrected chi connectivity index (χ1v) is 34.0. The Bertz CT molecular complexity index is 3860. The normalized spacial score (nSPS) is 24.3. The van der Waals surface area contributed by atoms with Crippen molar-refractivity contribution in [3.63, 3.8) is 0 Å². The fraction of sp³-hybridized carbons (Fsp3) is 0.465. The summed E-state index contributed by atoms with van der Waals surface area (Å²) >= 11 is 19.1. The molecule has 0 bridgehead atoms. The highest BCUT2D eigenvalue weighted by atomic mass is 35.5. The standard InChI is InChI=1S/C71H74Cl3F7N6O12/c1-3-99-65(94)57-51(62(89)86(57)67(96)83-59(70(76,77)78)44-13-8-5-9-14-44)28-17-37-31-46(35-48(72)33-37)39-19-23-43(24-20-39)55(42-11-6-4-7-12-42)82-68(97)87-58(64(92)93)52(69(87,2)98)30-18-38-32-47(36-49(73)34-38)40-21-25-45(26-22-40)60(71(79,80)81)84-66(95)85-56(63(90)91)50(61(85)88)29-27-41-15-10-16-53(74)54(41)75/h4,6-7,10-12,15-16,19-20,23-24,31-36,40,44-45,50-52,55-60,98H,3,5,8-9,13-14,17-18,21-22,25-30H2,1-2H3,(H,82,97)(H,83,96)(H,84,95)(H,90,91)(H,92,93)/t40?,45?,50-,51-,52-,55?,56+,57+,58+,59+,60+,69-/m1/s1. The van der Waals surface area contributed by atoms with Crippen LogP contribution in [0.5, 0.6) is 0 Å². The third kappa shape index (κ3) is 16.1. The van der Waals surface area contributed by atoms with E-state index in [0.29, 0.717) is 61.7 Å². The van der Waals surface area contributed by atoms with Crippen LogP contribution in [0.15, 0.2) is 109 Å². The summed E-state index contributed by atoms with van der Waals surface area (Å²) in [5.41, 5.74) is 2.46. The molecule has 10 rings (SSSR count). The molecule has 10 atom stereocenters. The van der Waals surface area contributed by atoms with Crippen molar-refractivity contribution in [3.05, 3.63) is 163 Å². The number of carboxylic acid groups (broad SMARTS) is 2. The Hall–Kier alpha value is -8.00. The fourth-order valence-corrected chi connectivity index (χ4v) is 15.9. The highest BCUT2D eigenvalue weighted by molar-refractivity contribution is 6.31. The maximum absolute atomic E-state index is 14.8. The lowest BCUT2D eigenvalue weighted by molar-refractivity contribution is -0.234. The summed E-state index contributed by atoms with van der Waals surface area (Å²) in [6.07, 6.45) is -7.01. The molecule has 99 heavy (non-hydrogen) atoms. The van der Waals surface area contributed by atoms with Crippen LogP contribution in [0.4, 0.5) is 45.1 Å². The number of hydrogen-bond donors (Lipinski definition) is 6. The molecular formula is C71H74Cl3F7N6O12. The first-order valence-electron chi connectivity index (χ1n) is 32.9. The van der Waals surface area contributed by atoms with E-state index in [-0.39, 0.29) is 110 Å². The number of nitrogens with one attached hydrogen (secondary N) is 3. The van der Waals surface area contributed by atoms with E-state index >= 15 is 0 Å². The van der Waals surface area contributed by atoms with E-state index in [1.54, 1.807) is 91.0 Å².